The Hall–Kier alpha value is -3.14. The van der Waals surface area contributed by atoms with Crippen molar-refractivity contribution in [2.24, 2.45) is 0 Å². The standard InChI is InChI=1S/C21H19NO3/c1-2-6-16(7-3-1)14-23-19-9-5-4-8-17(19)13-22-18-10-11-20-21(12-18)25-15-24-20/h1-12,22H,13-15H2. The SMILES string of the molecule is c1ccc(COc2ccccc2CNc2ccc3c(c2)OCO3)cc1. The molecular formula is C21H19NO3. The van der Waals surface area contributed by atoms with Crippen LogP contribution in [0, 0.1) is 0 Å². The normalized spacial score (nSPS) is 12.0. The van der Waals surface area contributed by atoms with Gasteiger partial charge in [-0.05, 0) is 23.8 Å². The molecule has 0 spiro atoms. The van der Waals surface area contributed by atoms with Crippen LogP contribution in [0.1, 0.15) is 11.1 Å². The van der Waals surface area contributed by atoms with Crippen LogP contribution in [0.25, 0.3) is 0 Å². The molecule has 1 aliphatic rings. The van der Waals surface area contributed by atoms with Gasteiger partial charge in [0.05, 0.1) is 0 Å². The summed E-state index contributed by atoms with van der Waals surface area (Å²) in [7, 11) is 0. The van der Waals surface area contributed by atoms with Gasteiger partial charge in [0, 0.05) is 23.9 Å². The molecule has 4 rings (SSSR count). The lowest BCUT2D eigenvalue weighted by Gasteiger charge is -2.13. The zero-order valence-electron chi connectivity index (χ0n) is 13.8. The van der Waals surface area contributed by atoms with E-state index in [0.29, 0.717) is 13.2 Å². The Kier molecular flexibility index (Phi) is 4.42. The fourth-order valence-electron chi connectivity index (χ4n) is 2.73. The first-order chi connectivity index (χ1) is 12.4. The second-order valence-corrected chi connectivity index (χ2v) is 5.80. The Bertz CT molecular complexity index is 849. The van der Waals surface area contributed by atoms with Crippen LogP contribution in [-0.4, -0.2) is 6.79 Å². The molecule has 0 saturated carbocycles. The first-order valence-corrected chi connectivity index (χ1v) is 8.27. The number of fused-ring (bicyclic) bond motifs is 1. The van der Waals surface area contributed by atoms with Crippen molar-refractivity contribution < 1.29 is 14.2 Å². The summed E-state index contributed by atoms with van der Waals surface area (Å²) < 4.78 is 16.8. The van der Waals surface area contributed by atoms with Crippen LogP contribution in [0.4, 0.5) is 5.69 Å². The molecule has 3 aromatic carbocycles. The molecule has 126 valence electrons. The molecule has 0 amide bonds. The van der Waals surface area contributed by atoms with Crippen LogP contribution in [0.3, 0.4) is 0 Å². The van der Waals surface area contributed by atoms with Gasteiger partial charge in [0.25, 0.3) is 0 Å². The van der Waals surface area contributed by atoms with Crippen molar-refractivity contribution in [2.45, 2.75) is 13.2 Å². The molecule has 0 radical (unpaired) electrons. The van der Waals surface area contributed by atoms with E-state index in [1.54, 1.807) is 0 Å². The number of ether oxygens (including phenoxy) is 3. The Morgan fingerprint density at radius 1 is 0.840 bits per heavy atom. The molecule has 0 saturated heterocycles. The third-order valence-electron chi connectivity index (χ3n) is 4.07. The van der Waals surface area contributed by atoms with E-state index in [2.05, 4.69) is 23.5 Å². The van der Waals surface area contributed by atoms with Crippen LogP contribution in [0.2, 0.25) is 0 Å². The Balaban J connectivity index is 1.42. The molecule has 0 atom stereocenters. The highest BCUT2D eigenvalue weighted by molar-refractivity contribution is 5.56. The van der Waals surface area contributed by atoms with E-state index < -0.39 is 0 Å². The summed E-state index contributed by atoms with van der Waals surface area (Å²) in [4.78, 5) is 0. The number of rotatable bonds is 6. The number of hydrogen-bond acceptors (Lipinski definition) is 4. The van der Waals surface area contributed by atoms with Crippen molar-refractivity contribution in [3.63, 3.8) is 0 Å². The van der Waals surface area contributed by atoms with Gasteiger partial charge in [0.15, 0.2) is 11.5 Å². The van der Waals surface area contributed by atoms with Gasteiger partial charge in [-0.3, -0.25) is 0 Å². The summed E-state index contributed by atoms with van der Waals surface area (Å²) in [6.45, 7) is 1.52. The maximum absolute atomic E-state index is 6.00. The molecule has 0 aromatic heterocycles. The summed E-state index contributed by atoms with van der Waals surface area (Å²) in [6.07, 6.45) is 0. The molecule has 4 heteroatoms. The number of nitrogens with one attached hydrogen (secondary N) is 1. The maximum Gasteiger partial charge on any atom is 0.231 e. The minimum atomic E-state index is 0.287. The molecule has 1 heterocycles. The second kappa shape index (κ2) is 7.18. The Labute approximate surface area is 147 Å². The topological polar surface area (TPSA) is 39.7 Å². The van der Waals surface area contributed by atoms with Crippen LogP contribution in [-0.2, 0) is 13.2 Å². The summed E-state index contributed by atoms with van der Waals surface area (Å²) in [5.74, 6) is 2.45. The highest BCUT2D eigenvalue weighted by Crippen LogP contribution is 2.34. The lowest BCUT2D eigenvalue weighted by molar-refractivity contribution is 0.174. The number of para-hydroxylation sites is 1. The minimum Gasteiger partial charge on any atom is -0.489 e. The molecule has 25 heavy (non-hydrogen) atoms. The van der Waals surface area contributed by atoms with Crippen LogP contribution in [0.15, 0.2) is 72.8 Å². The lowest BCUT2D eigenvalue weighted by atomic mass is 10.2. The molecule has 0 bridgehead atoms. The molecule has 3 aromatic rings. The Morgan fingerprint density at radius 2 is 1.64 bits per heavy atom. The fraction of sp³-hybridized carbons (Fsp3) is 0.143. The molecular weight excluding hydrogens is 314 g/mol. The quantitative estimate of drug-likeness (QED) is 0.715. The average Bonchev–Trinajstić information content (AvgIpc) is 3.14. The lowest BCUT2D eigenvalue weighted by Crippen LogP contribution is -2.03. The van der Waals surface area contributed by atoms with Crippen LogP contribution >= 0.6 is 0 Å². The van der Waals surface area contributed by atoms with Gasteiger partial charge >= 0.3 is 0 Å². The van der Waals surface area contributed by atoms with Gasteiger partial charge < -0.3 is 19.5 Å². The largest absolute Gasteiger partial charge is 0.489 e. The first-order valence-electron chi connectivity index (χ1n) is 8.27. The monoisotopic (exact) mass is 333 g/mol. The van der Waals surface area contributed by atoms with E-state index in [4.69, 9.17) is 14.2 Å². The van der Waals surface area contributed by atoms with E-state index in [1.807, 2.05) is 54.6 Å². The zero-order valence-corrected chi connectivity index (χ0v) is 13.8. The predicted molar refractivity (Wildman–Crippen MR) is 97.1 cm³/mol. The summed E-state index contributed by atoms with van der Waals surface area (Å²) in [6, 6.07) is 24.1. The van der Waals surface area contributed by atoms with Gasteiger partial charge in [0.1, 0.15) is 12.4 Å². The summed E-state index contributed by atoms with van der Waals surface area (Å²) in [5, 5.41) is 3.41. The highest BCUT2D eigenvalue weighted by Gasteiger charge is 2.13. The third-order valence-corrected chi connectivity index (χ3v) is 4.07. The van der Waals surface area contributed by atoms with Crippen molar-refractivity contribution >= 4 is 5.69 Å². The van der Waals surface area contributed by atoms with E-state index in [-0.39, 0.29) is 6.79 Å². The smallest absolute Gasteiger partial charge is 0.231 e. The minimum absolute atomic E-state index is 0.287. The van der Waals surface area contributed by atoms with E-state index in [9.17, 15) is 0 Å². The van der Waals surface area contributed by atoms with Gasteiger partial charge in [-0.15, -0.1) is 0 Å². The molecule has 0 aliphatic carbocycles. The van der Waals surface area contributed by atoms with E-state index >= 15 is 0 Å². The van der Waals surface area contributed by atoms with Crippen molar-refractivity contribution in [3.8, 4) is 17.2 Å². The van der Waals surface area contributed by atoms with Gasteiger partial charge in [0.2, 0.25) is 6.79 Å². The summed E-state index contributed by atoms with van der Waals surface area (Å²) >= 11 is 0. The van der Waals surface area contributed by atoms with Gasteiger partial charge in [-0.1, -0.05) is 48.5 Å². The van der Waals surface area contributed by atoms with Gasteiger partial charge in [-0.25, -0.2) is 0 Å². The number of benzene rings is 3. The first kappa shape index (κ1) is 15.4. The van der Waals surface area contributed by atoms with Crippen LogP contribution < -0.4 is 19.5 Å². The maximum atomic E-state index is 6.00. The fourth-order valence-corrected chi connectivity index (χ4v) is 2.73. The van der Waals surface area contributed by atoms with Gasteiger partial charge in [-0.2, -0.15) is 0 Å². The van der Waals surface area contributed by atoms with E-state index in [0.717, 1.165) is 34.1 Å². The number of anilines is 1. The molecule has 1 aliphatic heterocycles. The van der Waals surface area contributed by atoms with Crippen LogP contribution in [0.5, 0.6) is 17.2 Å². The van der Waals surface area contributed by atoms with Crippen molar-refractivity contribution in [2.75, 3.05) is 12.1 Å². The van der Waals surface area contributed by atoms with Crippen molar-refractivity contribution in [1.29, 1.82) is 0 Å². The molecule has 4 nitrogen and oxygen atoms in total. The van der Waals surface area contributed by atoms with Crippen molar-refractivity contribution in [3.05, 3.63) is 83.9 Å². The summed E-state index contributed by atoms with van der Waals surface area (Å²) in [5.41, 5.74) is 3.25. The molecule has 0 unspecified atom stereocenters. The number of hydrogen-bond donors (Lipinski definition) is 1. The molecule has 0 fully saturated rings. The Morgan fingerprint density at radius 3 is 2.56 bits per heavy atom. The third kappa shape index (κ3) is 3.69. The second-order valence-electron chi connectivity index (χ2n) is 5.80. The highest BCUT2D eigenvalue weighted by atomic mass is 16.7. The predicted octanol–water partition coefficient (Wildman–Crippen LogP) is 4.61. The van der Waals surface area contributed by atoms with Crippen molar-refractivity contribution in [1.82, 2.24) is 0 Å². The zero-order chi connectivity index (χ0) is 16.9. The molecule has 1 N–H and O–H groups in total. The average molecular weight is 333 g/mol. The van der Waals surface area contributed by atoms with E-state index in [1.165, 1.54) is 0 Å².